The van der Waals surface area contributed by atoms with Crippen molar-refractivity contribution < 1.29 is 0 Å². The van der Waals surface area contributed by atoms with Gasteiger partial charge in [-0.1, -0.05) is 13.8 Å². The van der Waals surface area contributed by atoms with Crippen LogP contribution in [0.2, 0.25) is 0 Å². The lowest BCUT2D eigenvalue weighted by Crippen LogP contribution is -2.35. The summed E-state index contributed by atoms with van der Waals surface area (Å²) in [5.74, 6) is 4.21. The standard InChI is InChI=1S/C15H26N4/c1-10(2)9-19(11(3)4)14-8-13(16-5)17-15(18-14)12-6-7-12/h8,10-12H,6-7,9H2,1-5H3,(H,16,17,18). The molecule has 1 aromatic heterocycles. The Bertz CT molecular complexity index is 424. The summed E-state index contributed by atoms with van der Waals surface area (Å²) in [6, 6.07) is 2.52. The van der Waals surface area contributed by atoms with E-state index in [1.807, 2.05) is 7.05 Å². The monoisotopic (exact) mass is 262 g/mol. The first-order valence-corrected chi connectivity index (χ1v) is 7.34. The molecule has 0 radical (unpaired) electrons. The van der Waals surface area contributed by atoms with E-state index in [9.17, 15) is 0 Å². The minimum atomic E-state index is 0.453. The second-order valence-corrected chi connectivity index (χ2v) is 6.13. The summed E-state index contributed by atoms with van der Waals surface area (Å²) in [4.78, 5) is 11.8. The second-order valence-electron chi connectivity index (χ2n) is 6.13. The van der Waals surface area contributed by atoms with E-state index in [0.717, 1.165) is 24.0 Å². The maximum absolute atomic E-state index is 4.79. The molecule has 19 heavy (non-hydrogen) atoms. The van der Waals surface area contributed by atoms with Crippen LogP contribution in [0.5, 0.6) is 0 Å². The van der Waals surface area contributed by atoms with Crippen molar-refractivity contribution in [2.24, 2.45) is 5.92 Å². The minimum Gasteiger partial charge on any atom is -0.373 e. The molecule has 4 heteroatoms. The van der Waals surface area contributed by atoms with Crippen LogP contribution in [0.3, 0.4) is 0 Å². The molecule has 1 aliphatic rings. The van der Waals surface area contributed by atoms with Crippen molar-refractivity contribution in [1.29, 1.82) is 0 Å². The highest BCUT2D eigenvalue weighted by Crippen LogP contribution is 2.39. The van der Waals surface area contributed by atoms with Crippen LogP contribution in [-0.2, 0) is 0 Å². The number of hydrogen-bond acceptors (Lipinski definition) is 4. The SMILES string of the molecule is CNc1cc(N(CC(C)C)C(C)C)nc(C2CC2)n1. The first-order valence-electron chi connectivity index (χ1n) is 7.34. The number of rotatable bonds is 6. The predicted molar refractivity (Wildman–Crippen MR) is 80.9 cm³/mol. The Hall–Kier alpha value is -1.32. The average Bonchev–Trinajstić information content (AvgIpc) is 3.19. The molecule has 2 rings (SSSR count). The smallest absolute Gasteiger partial charge is 0.136 e. The van der Waals surface area contributed by atoms with E-state index in [1.54, 1.807) is 0 Å². The van der Waals surface area contributed by atoms with Crippen molar-refractivity contribution in [2.75, 3.05) is 23.8 Å². The molecule has 0 amide bonds. The Kier molecular flexibility index (Phi) is 4.27. The highest BCUT2D eigenvalue weighted by Gasteiger charge is 2.28. The van der Waals surface area contributed by atoms with Crippen LogP contribution < -0.4 is 10.2 Å². The Morgan fingerprint density at radius 3 is 2.42 bits per heavy atom. The van der Waals surface area contributed by atoms with Crippen molar-refractivity contribution in [1.82, 2.24) is 9.97 Å². The van der Waals surface area contributed by atoms with Gasteiger partial charge in [0.05, 0.1) is 0 Å². The van der Waals surface area contributed by atoms with E-state index < -0.39 is 0 Å². The zero-order chi connectivity index (χ0) is 14.0. The van der Waals surface area contributed by atoms with E-state index in [1.165, 1.54) is 12.8 Å². The average molecular weight is 262 g/mol. The Balaban J connectivity index is 2.31. The summed E-state index contributed by atoms with van der Waals surface area (Å²) in [6.07, 6.45) is 2.47. The zero-order valence-electron chi connectivity index (χ0n) is 12.8. The summed E-state index contributed by atoms with van der Waals surface area (Å²) >= 11 is 0. The quantitative estimate of drug-likeness (QED) is 0.854. The van der Waals surface area contributed by atoms with Gasteiger partial charge in [0.25, 0.3) is 0 Å². The topological polar surface area (TPSA) is 41.0 Å². The van der Waals surface area contributed by atoms with Crippen LogP contribution in [0.25, 0.3) is 0 Å². The van der Waals surface area contributed by atoms with Gasteiger partial charge in [0.1, 0.15) is 17.5 Å². The zero-order valence-corrected chi connectivity index (χ0v) is 12.8. The highest BCUT2D eigenvalue weighted by atomic mass is 15.2. The van der Waals surface area contributed by atoms with E-state index >= 15 is 0 Å². The van der Waals surface area contributed by atoms with Crippen LogP contribution in [0.1, 0.15) is 52.3 Å². The van der Waals surface area contributed by atoms with Crippen molar-refractivity contribution in [3.8, 4) is 0 Å². The van der Waals surface area contributed by atoms with Gasteiger partial charge < -0.3 is 10.2 Å². The van der Waals surface area contributed by atoms with Crippen LogP contribution in [0, 0.1) is 5.92 Å². The molecule has 0 spiro atoms. The summed E-state index contributed by atoms with van der Waals surface area (Å²) in [7, 11) is 1.92. The Labute approximate surface area is 116 Å². The molecular weight excluding hydrogens is 236 g/mol. The number of nitrogens with one attached hydrogen (secondary N) is 1. The molecule has 0 aliphatic heterocycles. The van der Waals surface area contributed by atoms with Crippen LogP contribution in [-0.4, -0.2) is 29.6 Å². The third-order valence-electron chi connectivity index (χ3n) is 3.41. The third-order valence-corrected chi connectivity index (χ3v) is 3.41. The molecule has 1 N–H and O–H groups in total. The summed E-state index contributed by atoms with van der Waals surface area (Å²) in [5.41, 5.74) is 0. The molecule has 0 bridgehead atoms. The van der Waals surface area contributed by atoms with Crippen LogP contribution >= 0.6 is 0 Å². The number of nitrogens with zero attached hydrogens (tertiary/aromatic N) is 3. The van der Waals surface area contributed by atoms with Gasteiger partial charge in [-0.15, -0.1) is 0 Å². The molecule has 0 unspecified atom stereocenters. The van der Waals surface area contributed by atoms with Gasteiger partial charge in [0, 0.05) is 31.6 Å². The first-order chi connectivity index (χ1) is 9.01. The number of anilines is 2. The van der Waals surface area contributed by atoms with Gasteiger partial charge >= 0.3 is 0 Å². The molecule has 1 saturated carbocycles. The molecule has 1 aliphatic carbocycles. The molecular formula is C15H26N4. The third kappa shape index (κ3) is 3.58. The van der Waals surface area contributed by atoms with Gasteiger partial charge in [-0.25, -0.2) is 9.97 Å². The van der Waals surface area contributed by atoms with Crippen molar-refractivity contribution in [2.45, 2.75) is 52.5 Å². The number of aromatic nitrogens is 2. The lowest BCUT2D eigenvalue weighted by Gasteiger charge is -2.30. The molecule has 4 nitrogen and oxygen atoms in total. The molecule has 0 atom stereocenters. The fourth-order valence-electron chi connectivity index (χ4n) is 2.21. The maximum Gasteiger partial charge on any atom is 0.136 e. The summed E-state index contributed by atoms with van der Waals surface area (Å²) < 4.78 is 0. The van der Waals surface area contributed by atoms with Crippen molar-refractivity contribution in [3.05, 3.63) is 11.9 Å². The Morgan fingerprint density at radius 1 is 1.26 bits per heavy atom. The van der Waals surface area contributed by atoms with E-state index in [4.69, 9.17) is 4.98 Å². The number of hydrogen-bond donors (Lipinski definition) is 1. The van der Waals surface area contributed by atoms with E-state index in [2.05, 4.69) is 49.0 Å². The summed E-state index contributed by atoms with van der Waals surface area (Å²) in [6.45, 7) is 9.97. The van der Waals surface area contributed by atoms with Gasteiger partial charge in [-0.3, -0.25) is 0 Å². The normalized spacial score (nSPS) is 15.1. The molecule has 0 saturated heterocycles. The van der Waals surface area contributed by atoms with E-state index in [-0.39, 0.29) is 0 Å². The van der Waals surface area contributed by atoms with Gasteiger partial charge in [0.2, 0.25) is 0 Å². The second kappa shape index (κ2) is 5.76. The van der Waals surface area contributed by atoms with Gasteiger partial charge in [0.15, 0.2) is 0 Å². The van der Waals surface area contributed by atoms with Crippen molar-refractivity contribution in [3.63, 3.8) is 0 Å². The van der Waals surface area contributed by atoms with E-state index in [0.29, 0.717) is 17.9 Å². The highest BCUT2D eigenvalue weighted by molar-refractivity contribution is 5.50. The van der Waals surface area contributed by atoms with Gasteiger partial charge in [-0.05, 0) is 32.6 Å². The molecule has 0 aromatic carbocycles. The summed E-state index contributed by atoms with van der Waals surface area (Å²) in [5, 5.41) is 3.16. The van der Waals surface area contributed by atoms with Crippen molar-refractivity contribution >= 4 is 11.6 Å². The lowest BCUT2D eigenvalue weighted by molar-refractivity contribution is 0.564. The minimum absolute atomic E-state index is 0.453. The fourth-order valence-corrected chi connectivity index (χ4v) is 2.21. The molecule has 1 heterocycles. The van der Waals surface area contributed by atoms with Crippen LogP contribution in [0.4, 0.5) is 11.6 Å². The van der Waals surface area contributed by atoms with Gasteiger partial charge in [-0.2, -0.15) is 0 Å². The molecule has 1 aromatic rings. The predicted octanol–water partition coefficient (Wildman–Crippen LogP) is 3.27. The molecule has 1 fully saturated rings. The molecule has 106 valence electrons. The fraction of sp³-hybridized carbons (Fsp3) is 0.733. The largest absolute Gasteiger partial charge is 0.373 e. The maximum atomic E-state index is 4.79. The Morgan fingerprint density at radius 2 is 1.95 bits per heavy atom. The first kappa shape index (κ1) is 14.1. The lowest BCUT2D eigenvalue weighted by atomic mass is 10.2. The van der Waals surface area contributed by atoms with Crippen LogP contribution in [0.15, 0.2) is 6.07 Å².